The molecule has 0 aliphatic rings. The SMILES string of the molecule is CCNC(=O)c1cc(F)cc(-c2ccn(CCC(C)(C(=O)NO)S(C)(=O)=O)c(=O)c2)c1. The van der Waals surface area contributed by atoms with Gasteiger partial charge in [0.25, 0.3) is 17.4 Å². The van der Waals surface area contributed by atoms with Crippen molar-refractivity contribution in [2.75, 3.05) is 12.8 Å². The first-order chi connectivity index (χ1) is 14.4. The van der Waals surface area contributed by atoms with Gasteiger partial charge in [-0.25, -0.2) is 18.3 Å². The van der Waals surface area contributed by atoms with Crippen LogP contribution in [0.3, 0.4) is 0 Å². The third kappa shape index (κ3) is 5.36. The third-order valence-electron chi connectivity index (χ3n) is 5.06. The molecule has 1 atom stereocenters. The van der Waals surface area contributed by atoms with Crippen LogP contribution < -0.4 is 16.4 Å². The summed E-state index contributed by atoms with van der Waals surface area (Å²) in [5, 5.41) is 11.4. The van der Waals surface area contributed by atoms with Gasteiger partial charge in [0.2, 0.25) is 0 Å². The van der Waals surface area contributed by atoms with Crippen molar-refractivity contribution in [3.05, 3.63) is 58.3 Å². The van der Waals surface area contributed by atoms with Crippen molar-refractivity contribution in [3.63, 3.8) is 0 Å². The normalized spacial score (nSPS) is 13.3. The highest BCUT2D eigenvalue weighted by atomic mass is 32.2. The molecule has 168 valence electrons. The summed E-state index contributed by atoms with van der Waals surface area (Å²) in [6, 6.07) is 6.48. The van der Waals surface area contributed by atoms with Gasteiger partial charge in [0, 0.05) is 37.2 Å². The molecule has 1 heterocycles. The number of aromatic nitrogens is 1. The average molecular weight is 453 g/mol. The third-order valence-corrected chi connectivity index (χ3v) is 7.08. The van der Waals surface area contributed by atoms with Crippen LogP contribution >= 0.6 is 0 Å². The van der Waals surface area contributed by atoms with Gasteiger partial charge < -0.3 is 9.88 Å². The minimum atomic E-state index is -3.90. The zero-order valence-corrected chi connectivity index (χ0v) is 18.1. The van der Waals surface area contributed by atoms with Gasteiger partial charge in [0.15, 0.2) is 14.6 Å². The molecule has 3 N–H and O–H groups in total. The molecule has 2 rings (SSSR count). The Morgan fingerprint density at radius 2 is 1.87 bits per heavy atom. The van der Waals surface area contributed by atoms with Crippen LogP contribution in [0.5, 0.6) is 0 Å². The van der Waals surface area contributed by atoms with Gasteiger partial charge in [-0.2, -0.15) is 0 Å². The van der Waals surface area contributed by atoms with E-state index in [0.717, 1.165) is 19.2 Å². The molecule has 0 saturated carbocycles. The Balaban J connectivity index is 2.34. The molecule has 0 bridgehead atoms. The second-order valence-electron chi connectivity index (χ2n) is 7.23. The van der Waals surface area contributed by atoms with Crippen molar-refractivity contribution in [2.24, 2.45) is 0 Å². The van der Waals surface area contributed by atoms with Gasteiger partial charge in [-0.15, -0.1) is 0 Å². The Morgan fingerprint density at radius 1 is 1.19 bits per heavy atom. The molecule has 11 heteroatoms. The Hall–Kier alpha value is -3.05. The fourth-order valence-corrected chi connectivity index (χ4v) is 3.79. The van der Waals surface area contributed by atoms with E-state index in [1.807, 2.05) is 0 Å². The minimum absolute atomic E-state index is 0.111. The van der Waals surface area contributed by atoms with Crippen molar-refractivity contribution in [1.82, 2.24) is 15.4 Å². The van der Waals surface area contributed by atoms with Gasteiger partial charge in [-0.1, -0.05) is 0 Å². The lowest BCUT2D eigenvalue weighted by molar-refractivity contribution is -0.131. The van der Waals surface area contributed by atoms with Crippen molar-refractivity contribution in [2.45, 2.75) is 31.6 Å². The van der Waals surface area contributed by atoms with Gasteiger partial charge in [0.05, 0.1) is 0 Å². The molecule has 0 fully saturated rings. The lowest BCUT2D eigenvalue weighted by Crippen LogP contribution is -2.49. The zero-order chi connectivity index (χ0) is 23.4. The number of sulfone groups is 1. The second kappa shape index (κ2) is 9.40. The van der Waals surface area contributed by atoms with E-state index in [1.165, 1.54) is 40.5 Å². The number of nitrogens with one attached hydrogen (secondary N) is 2. The number of hydrogen-bond acceptors (Lipinski definition) is 6. The number of rotatable bonds is 8. The van der Waals surface area contributed by atoms with Crippen LogP contribution in [0.4, 0.5) is 4.39 Å². The van der Waals surface area contributed by atoms with Crippen molar-refractivity contribution in [3.8, 4) is 11.1 Å². The van der Waals surface area contributed by atoms with E-state index < -0.39 is 37.8 Å². The largest absolute Gasteiger partial charge is 0.352 e. The highest BCUT2D eigenvalue weighted by Gasteiger charge is 2.43. The van der Waals surface area contributed by atoms with Gasteiger partial charge in [-0.05, 0) is 55.7 Å². The van der Waals surface area contributed by atoms with E-state index in [2.05, 4.69) is 5.32 Å². The Labute approximate surface area is 178 Å². The molecule has 0 saturated heterocycles. The van der Waals surface area contributed by atoms with E-state index in [1.54, 1.807) is 6.92 Å². The number of hydrogen-bond donors (Lipinski definition) is 3. The molecule has 2 aromatic rings. The standard InChI is InChI=1S/C20H24FN3O6S/c1-4-22-18(26)15-9-14(10-16(21)11-15)13-5-7-24(17(25)12-13)8-6-20(2,19(27)23-28)31(3,29)30/h5,7,9-12,28H,4,6,8H2,1-3H3,(H,22,26)(H,23,27). The fraction of sp³-hybridized carbons (Fsp3) is 0.350. The number of nitrogens with zero attached hydrogens (tertiary/aromatic N) is 1. The van der Waals surface area contributed by atoms with Crippen molar-refractivity contribution < 1.29 is 27.6 Å². The molecule has 0 spiro atoms. The van der Waals surface area contributed by atoms with Crippen LogP contribution in [0.2, 0.25) is 0 Å². The summed E-state index contributed by atoms with van der Waals surface area (Å²) in [7, 11) is -3.90. The molecule has 2 amide bonds. The monoisotopic (exact) mass is 453 g/mol. The topological polar surface area (TPSA) is 135 Å². The van der Waals surface area contributed by atoms with E-state index in [4.69, 9.17) is 5.21 Å². The van der Waals surface area contributed by atoms with Crippen LogP contribution in [0.25, 0.3) is 11.1 Å². The first-order valence-electron chi connectivity index (χ1n) is 9.36. The lowest BCUT2D eigenvalue weighted by Gasteiger charge is -2.25. The van der Waals surface area contributed by atoms with E-state index in [9.17, 15) is 27.2 Å². The molecule has 0 radical (unpaired) electrons. The average Bonchev–Trinajstić information content (AvgIpc) is 2.70. The predicted octanol–water partition coefficient (Wildman–Crippen LogP) is 1.10. The van der Waals surface area contributed by atoms with Crippen molar-refractivity contribution >= 4 is 21.7 Å². The number of carbonyl (C=O) groups excluding carboxylic acids is 2. The molecule has 0 aliphatic carbocycles. The smallest absolute Gasteiger partial charge is 0.264 e. The maximum atomic E-state index is 14.0. The van der Waals surface area contributed by atoms with Gasteiger partial charge in [0.1, 0.15) is 5.82 Å². The number of pyridine rings is 1. The maximum Gasteiger partial charge on any atom is 0.264 e. The quantitative estimate of drug-likeness (QED) is 0.405. The van der Waals surface area contributed by atoms with Gasteiger partial charge >= 0.3 is 0 Å². The first kappa shape index (κ1) is 24.2. The van der Waals surface area contributed by atoms with Crippen LogP contribution in [0.15, 0.2) is 41.3 Å². The predicted molar refractivity (Wildman–Crippen MR) is 112 cm³/mol. The van der Waals surface area contributed by atoms with Crippen LogP contribution in [0, 0.1) is 5.82 Å². The maximum absolute atomic E-state index is 14.0. The van der Waals surface area contributed by atoms with Crippen LogP contribution in [-0.2, 0) is 21.2 Å². The number of benzene rings is 1. The molecule has 1 aromatic carbocycles. The molecule has 0 aliphatic heterocycles. The van der Waals surface area contributed by atoms with E-state index in [-0.39, 0.29) is 18.5 Å². The number of halogens is 1. The summed E-state index contributed by atoms with van der Waals surface area (Å²) in [6.07, 6.45) is 1.98. The summed E-state index contributed by atoms with van der Waals surface area (Å²) in [5.74, 6) is -2.18. The first-order valence-corrected chi connectivity index (χ1v) is 11.3. The highest BCUT2D eigenvalue weighted by Crippen LogP contribution is 2.23. The summed E-state index contributed by atoms with van der Waals surface area (Å²) in [4.78, 5) is 36.4. The zero-order valence-electron chi connectivity index (χ0n) is 17.3. The summed E-state index contributed by atoms with van der Waals surface area (Å²) < 4.78 is 37.3. The number of amides is 2. The summed E-state index contributed by atoms with van der Waals surface area (Å²) in [6.45, 7) is 3.14. The van der Waals surface area contributed by atoms with E-state index >= 15 is 0 Å². The van der Waals surface area contributed by atoms with Gasteiger partial charge in [-0.3, -0.25) is 19.6 Å². The minimum Gasteiger partial charge on any atom is -0.352 e. The Kier molecular flexibility index (Phi) is 7.34. The molecule has 31 heavy (non-hydrogen) atoms. The molecular weight excluding hydrogens is 429 g/mol. The van der Waals surface area contributed by atoms with Crippen LogP contribution in [-0.4, -0.2) is 47.6 Å². The molecule has 1 aromatic heterocycles. The Bertz CT molecular complexity index is 1160. The number of aryl methyl sites for hydroxylation is 1. The number of carbonyl (C=O) groups is 2. The lowest BCUT2D eigenvalue weighted by atomic mass is 10.0. The van der Waals surface area contributed by atoms with Crippen molar-refractivity contribution in [1.29, 1.82) is 0 Å². The fourth-order valence-electron chi connectivity index (χ4n) is 2.94. The molecule has 9 nitrogen and oxygen atoms in total. The summed E-state index contributed by atoms with van der Waals surface area (Å²) in [5.41, 5.74) is 1.64. The van der Waals surface area contributed by atoms with E-state index in [0.29, 0.717) is 17.7 Å². The number of hydroxylamine groups is 1. The Morgan fingerprint density at radius 3 is 2.42 bits per heavy atom. The second-order valence-corrected chi connectivity index (χ2v) is 9.67. The highest BCUT2D eigenvalue weighted by molar-refractivity contribution is 7.92. The molecular formula is C20H24FN3O6S. The van der Waals surface area contributed by atoms with Crippen LogP contribution in [0.1, 0.15) is 30.6 Å². The summed E-state index contributed by atoms with van der Waals surface area (Å²) >= 11 is 0. The molecule has 1 unspecified atom stereocenters.